The number of pyridine rings is 1. The van der Waals surface area contributed by atoms with Crippen molar-refractivity contribution in [1.29, 1.82) is 0 Å². The minimum atomic E-state index is 0. The van der Waals surface area contributed by atoms with Crippen LogP contribution in [0.1, 0.15) is 13.8 Å². The topological polar surface area (TPSA) is 73.8 Å². The Labute approximate surface area is 188 Å². The minimum absolute atomic E-state index is 0. The Morgan fingerprint density at radius 1 is 1.30 bits per heavy atom. The minimum Gasteiger partial charge on any atom is -0.379 e. The van der Waals surface area contributed by atoms with E-state index in [1.54, 1.807) is 12.3 Å². The van der Waals surface area contributed by atoms with Crippen molar-refractivity contribution in [1.82, 2.24) is 20.5 Å². The SMILES string of the molecule is CCNC(=NCC(C)N1CCOCC1)NCCNc1ncc(Cl)cc1Cl.I. The molecule has 2 heterocycles. The van der Waals surface area contributed by atoms with Gasteiger partial charge in [0.15, 0.2) is 5.96 Å². The third-order valence-corrected chi connectivity index (χ3v) is 4.54. The molecule has 1 atom stereocenters. The second-order valence-electron chi connectivity index (χ2n) is 6.05. The molecule has 0 bridgehead atoms. The third-order valence-electron chi connectivity index (χ3n) is 4.04. The number of hydrogen-bond donors (Lipinski definition) is 3. The van der Waals surface area contributed by atoms with E-state index in [0.29, 0.717) is 35.0 Å². The molecule has 7 nitrogen and oxygen atoms in total. The Hall–Kier alpha value is -0.550. The Morgan fingerprint density at radius 3 is 2.70 bits per heavy atom. The van der Waals surface area contributed by atoms with Gasteiger partial charge in [-0.05, 0) is 19.9 Å². The standard InChI is InChI=1S/C17H28Cl2N6O.HI/c1-3-20-17(24-11-13(2)25-6-8-26-9-7-25)22-5-4-21-16-15(19)10-14(18)12-23-16;/h10,12-13H,3-9,11H2,1-2H3,(H,21,23)(H2,20,22,24);1H. The Balaban J connectivity index is 0.00000364. The van der Waals surface area contributed by atoms with E-state index in [4.69, 9.17) is 27.9 Å². The van der Waals surface area contributed by atoms with E-state index in [1.165, 1.54) is 0 Å². The summed E-state index contributed by atoms with van der Waals surface area (Å²) in [6, 6.07) is 2.06. The van der Waals surface area contributed by atoms with E-state index in [9.17, 15) is 0 Å². The van der Waals surface area contributed by atoms with Crippen molar-refractivity contribution >= 4 is 59.0 Å². The number of guanidine groups is 1. The lowest BCUT2D eigenvalue weighted by Crippen LogP contribution is -2.45. The Kier molecular flexibility index (Phi) is 12.3. The van der Waals surface area contributed by atoms with Crippen LogP contribution in [0.5, 0.6) is 0 Å². The van der Waals surface area contributed by atoms with Gasteiger partial charge in [0.2, 0.25) is 0 Å². The highest BCUT2D eigenvalue weighted by atomic mass is 127. The molecule has 0 amide bonds. The summed E-state index contributed by atoms with van der Waals surface area (Å²) in [5.74, 6) is 1.44. The summed E-state index contributed by atoms with van der Waals surface area (Å²) in [4.78, 5) is 11.3. The molecule has 1 aromatic heterocycles. The fraction of sp³-hybridized carbons (Fsp3) is 0.647. The van der Waals surface area contributed by atoms with E-state index >= 15 is 0 Å². The van der Waals surface area contributed by atoms with Gasteiger partial charge in [0.1, 0.15) is 5.82 Å². The van der Waals surface area contributed by atoms with Gasteiger partial charge >= 0.3 is 0 Å². The van der Waals surface area contributed by atoms with Crippen LogP contribution in [0.4, 0.5) is 5.82 Å². The monoisotopic (exact) mass is 530 g/mol. The van der Waals surface area contributed by atoms with Crippen molar-refractivity contribution in [3.8, 4) is 0 Å². The van der Waals surface area contributed by atoms with Crippen LogP contribution in [0.3, 0.4) is 0 Å². The van der Waals surface area contributed by atoms with Gasteiger partial charge < -0.3 is 20.7 Å². The van der Waals surface area contributed by atoms with Gasteiger partial charge in [-0.25, -0.2) is 4.98 Å². The van der Waals surface area contributed by atoms with Crippen LogP contribution in [-0.2, 0) is 4.74 Å². The quantitative estimate of drug-likeness (QED) is 0.208. The molecule has 1 saturated heterocycles. The van der Waals surface area contributed by atoms with Gasteiger partial charge in [-0.3, -0.25) is 9.89 Å². The van der Waals surface area contributed by atoms with E-state index in [1.807, 2.05) is 0 Å². The first-order valence-electron chi connectivity index (χ1n) is 8.99. The lowest BCUT2D eigenvalue weighted by molar-refractivity contribution is 0.0220. The molecule has 1 aliphatic rings. The van der Waals surface area contributed by atoms with Crippen LogP contribution in [0, 0.1) is 0 Å². The van der Waals surface area contributed by atoms with Crippen molar-refractivity contribution in [2.45, 2.75) is 19.9 Å². The maximum absolute atomic E-state index is 6.10. The van der Waals surface area contributed by atoms with E-state index in [-0.39, 0.29) is 24.0 Å². The summed E-state index contributed by atoms with van der Waals surface area (Å²) in [5, 5.41) is 10.8. The summed E-state index contributed by atoms with van der Waals surface area (Å²) in [6.45, 7) is 10.7. The smallest absolute Gasteiger partial charge is 0.191 e. The molecule has 1 aliphatic heterocycles. The predicted octanol–water partition coefficient (Wildman–Crippen LogP) is 2.69. The average Bonchev–Trinajstić information content (AvgIpc) is 2.65. The number of nitrogens with one attached hydrogen (secondary N) is 3. The summed E-state index contributed by atoms with van der Waals surface area (Å²) in [7, 11) is 0. The lowest BCUT2D eigenvalue weighted by atomic mass is 10.2. The number of halogens is 3. The fourth-order valence-corrected chi connectivity index (χ4v) is 3.05. The van der Waals surface area contributed by atoms with Crippen LogP contribution >= 0.6 is 47.2 Å². The number of ether oxygens (including phenoxy) is 1. The molecular formula is C17H29Cl2IN6O. The average molecular weight is 531 g/mol. The van der Waals surface area contributed by atoms with E-state index < -0.39 is 0 Å². The molecule has 0 radical (unpaired) electrons. The molecule has 2 rings (SSSR count). The molecule has 1 unspecified atom stereocenters. The molecule has 27 heavy (non-hydrogen) atoms. The largest absolute Gasteiger partial charge is 0.379 e. The maximum Gasteiger partial charge on any atom is 0.191 e. The Morgan fingerprint density at radius 2 is 2.04 bits per heavy atom. The van der Waals surface area contributed by atoms with Crippen molar-refractivity contribution in [3.63, 3.8) is 0 Å². The van der Waals surface area contributed by atoms with Crippen molar-refractivity contribution < 1.29 is 4.74 Å². The zero-order valence-electron chi connectivity index (χ0n) is 15.8. The van der Waals surface area contributed by atoms with Crippen molar-refractivity contribution in [2.75, 3.05) is 57.8 Å². The first-order chi connectivity index (χ1) is 12.6. The van der Waals surface area contributed by atoms with E-state index in [0.717, 1.165) is 45.4 Å². The number of aliphatic imine (C=N–C) groups is 1. The van der Waals surface area contributed by atoms with Crippen molar-refractivity contribution in [2.24, 2.45) is 4.99 Å². The zero-order valence-corrected chi connectivity index (χ0v) is 19.6. The fourth-order valence-electron chi connectivity index (χ4n) is 2.61. The molecule has 154 valence electrons. The number of aromatic nitrogens is 1. The van der Waals surface area contributed by atoms with Gasteiger partial charge in [0.05, 0.1) is 29.8 Å². The summed E-state index contributed by atoms with van der Waals surface area (Å²) < 4.78 is 5.40. The van der Waals surface area contributed by atoms with Gasteiger partial charge in [0.25, 0.3) is 0 Å². The van der Waals surface area contributed by atoms with E-state index in [2.05, 4.69) is 44.7 Å². The number of hydrogen-bond acceptors (Lipinski definition) is 5. The van der Waals surface area contributed by atoms with Crippen LogP contribution in [0.15, 0.2) is 17.3 Å². The van der Waals surface area contributed by atoms with Crippen LogP contribution in [0.25, 0.3) is 0 Å². The van der Waals surface area contributed by atoms with Gasteiger partial charge in [-0.1, -0.05) is 23.2 Å². The molecule has 3 N–H and O–H groups in total. The highest BCUT2D eigenvalue weighted by Crippen LogP contribution is 2.21. The summed E-state index contributed by atoms with van der Waals surface area (Å²) in [5.41, 5.74) is 0. The third kappa shape index (κ3) is 8.99. The number of morpholine rings is 1. The number of anilines is 1. The first-order valence-corrected chi connectivity index (χ1v) is 9.74. The molecule has 0 aromatic carbocycles. The predicted molar refractivity (Wildman–Crippen MR) is 124 cm³/mol. The van der Waals surface area contributed by atoms with Crippen LogP contribution in [0.2, 0.25) is 10.0 Å². The molecule has 10 heteroatoms. The Bertz CT molecular complexity index is 587. The second kappa shape index (κ2) is 13.6. The summed E-state index contributed by atoms with van der Waals surface area (Å²) >= 11 is 11.9. The molecule has 1 aromatic rings. The van der Waals surface area contributed by atoms with Gasteiger partial charge in [-0.2, -0.15) is 0 Å². The normalized spacial score (nSPS) is 16.4. The molecule has 0 aliphatic carbocycles. The molecule has 0 saturated carbocycles. The second-order valence-corrected chi connectivity index (χ2v) is 6.90. The molecule has 0 spiro atoms. The highest BCUT2D eigenvalue weighted by Gasteiger charge is 2.16. The number of rotatable bonds is 8. The maximum atomic E-state index is 6.10. The van der Waals surface area contributed by atoms with Gasteiger partial charge in [-0.15, -0.1) is 24.0 Å². The molecule has 1 fully saturated rings. The first kappa shape index (κ1) is 24.5. The zero-order chi connectivity index (χ0) is 18.8. The summed E-state index contributed by atoms with van der Waals surface area (Å²) in [6.07, 6.45) is 1.57. The lowest BCUT2D eigenvalue weighted by Gasteiger charge is -2.31. The van der Waals surface area contributed by atoms with Crippen LogP contribution < -0.4 is 16.0 Å². The number of nitrogens with zero attached hydrogens (tertiary/aromatic N) is 3. The van der Waals surface area contributed by atoms with Gasteiger partial charge in [0, 0.05) is 45.0 Å². The van der Waals surface area contributed by atoms with Crippen molar-refractivity contribution in [3.05, 3.63) is 22.3 Å². The molecular weight excluding hydrogens is 502 g/mol. The van der Waals surface area contributed by atoms with Crippen LogP contribution in [-0.4, -0.2) is 74.4 Å². The highest BCUT2D eigenvalue weighted by molar-refractivity contribution is 14.0.